The molecule has 0 saturated heterocycles. The zero-order valence-corrected chi connectivity index (χ0v) is 10.2. The van der Waals surface area contributed by atoms with Gasteiger partial charge in [0.2, 0.25) is 0 Å². The molecular weight excluding hydrogens is 236 g/mol. The van der Waals surface area contributed by atoms with Gasteiger partial charge in [-0.3, -0.25) is 10.1 Å². The van der Waals surface area contributed by atoms with Gasteiger partial charge in [0.05, 0.1) is 22.6 Å². The van der Waals surface area contributed by atoms with Crippen LogP contribution in [0.25, 0.3) is 0 Å². The Hall–Kier alpha value is -1.66. The summed E-state index contributed by atoms with van der Waals surface area (Å²) in [5, 5.41) is 30.1. The van der Waals surface area contributed by atoms with E-state index in [0.717, 1.165) is 12.8 Å². The van der Waals surface area contributed by atoms with E-state index in [9.17, 15) is 20.3 Å². The van der Waals surface area contributed by atoms with E-state index >= 15 is 0 Å². The number of aliphatic hydroxyl groups is 1. The topological polar surface area (TPSA) is 110 Å². The van der Waals surface area contributed by atoms with Crippen molar-refractivity contribution in [2.75, 3.05) is 0 Å². The zero-order valence-electron chi connectivity index (χ0n) is 10.2. The van der Waals surface area contributed by atoms with E-state index < -0.39 is 17.1 Å². The minimum atomic E-state index is -0.871. The lowest BCUT2D eigenvalue weighted by molar-refractivity contribution is -0.385. The van der Waals surface area contributed by atoms with Gasteiger partial charge in [-0.15, -0.1) is 0 Å². The molecule has 0 bridgehead atoms. The van der Waals surface area contributed by atoms with Gasteiger partial charge in [0.25, 0.3) is 5.69 Å². The quantitative estimate of drug-likeness (QED) is 0.530. The minimum Gasteiger partial charge on any atom is -0.508 e. The summed E-state index contributed by atoms with van der Waals surface area (Å²) >= 11 is 0. The normalized spacial score (nSPS) is 14.2. The van der Waals surface area contributed by atoms with Crippen molar-refractivity contribution < 1.29 is 15.1 Å². The number of nitro benzene ring substituents is 1. The van der Waals surface area contributed by atoms with Gasteiger partial charge in [0.15, 0.2) is 0 Å². The number of rotatable bonds is 6. The summed E-state index contributed by atoms with van der Waals surface area (Å²) < 4.78 is 0. The number of phenols is 1. The van der Waals surface area contributed by atoms with Crippen molar-refractivity contribution in [3.63, 3.8) is 0 Å². The molecule has 4 N–H and O–H groups in total. The largest absolute Gasteiger partial charge is 0.508 e. The molecule has 6 heteroatoms. The molecule has 0 amide bonds. The van der Waals surface area contributed by atoms with E-state index in [-0.39, 0.29) is 17.0 Å². The number of phenolic OH excluding ortho intramolecular Hbond substituents is 1. The van der Waals surface area contributed by atoms with Crippen molar-refractivity contribution in [3.05, 3.63) is 33.9 Å². The molecule has 100 valence electrons. The molecule has 1 aromatic rings. The van der Waals surface area contributed by atoms with Crippen LogP contribution in [-0.2, 0) is 0 Å². The maximum atomic E-state index is 10.9. The molecule has 0 aliphatic rings. The van der Waals surface area contributed by atoms with Crippen LogP contribution in [0.1, 0.15) is 37.8 Å². The number of nitrogens with two attached hydrogens (primary N) is 1. The first kappa shape index (κ1) is 14.4. The van der Waals surface area contributed by atoms with Crippen LogP contribution in [0, 0.1) is 10.1 Å². The van der Waals surface area contributed by atoms with Crippen molar-refractivity contribution >= 4 is 5.69 Å². The summed E-state index contributed by atoms with van der Waals surface area (Å²) in [6, 6.07) is 2.78. The molecule has 0 spiro atoms. The highest BCUT2D eigenvalue weighted by atomic mass is 16.6. The van der Waals surface area contributed by atoms with E-state index in [1.165, 1.54) is 18.2 Å². The molecule has 1 aromatic carbocycles. The summed E-state index contributed by atoms with van der Waals surface area (Å²) in [7, 11) is 0. The Labute approximate surface area is 105 Å². The molecule has 0 heterocycles. The average Bonchev–Trinajstić information content (AvgIpc) is 2.34. The van der Waals surface area contributed by atoms with Gasteiger partial charge in [0.1, 0.15) is 5.75 Å². The maximum absolute atomic E-state index is 10.9. The fourth-order valence-electron chi connectivity index (χ4n) is 1.78. The Morgan fingerprint density at radius 3 is 2.72 bits per heavy atom. The lowest BCUT2D eigenvalue weighted by Crippen LogP contribution is -2.26. The van der Waals surface area contributed by atoms with Gasteiger partial charge in [-0.1, -0.05) is 19.8 Å². The number of aliphatic hydroxyl groups excluding tert-OH is 1. The molecule has 0 fully saturated rings. The van der Waals surface area contributed by atoms with Crippen LogP contribution in [0.2, 0.25) is 0 Å². The van der Waals surface area contributed by atoms with Gasteiger partial charge < -0.3 is 15.9 Å². The highest BCUT2D eigenvalue weighted by molar-refractivity contribution is 5.46. The second-order valence-corrected chi connectivity index (χ2v) is 4.24. The zero-order chi connectivity index (χ0) is 13.7. The molecule has 6 nitrogen and oxygen atoms in total. The maximum Gasteiger partial charge on any atom is 0.274 e. The van der Waals surface area contributed by atoms with Gasteiger partial charge in [-0.25, -0.2) is 0 Å². The first-order chi connectivity index (χ1) is 8.47. The number of benzene rings is 1. The predicted octanol–water partition coefficient (Wildman–Crippen LogP) is 1.85. The third kappa shape index (κ3) is 3.41. The van der Waals surface area contributed by atoms with Gasteiger partial charge in [-0.2, -0.15) is 0 Å². The third-order valence-electron chi connectivity index (χ3n) is 2.83. The smallest absolute Gasteiger partial charge is 0.274 e. The van der Waals surface area contributed by atoms with Crippen molar-refractivity contribution in [2.24, 2.45) is 5.73 Å². The van der Waals surface area contributed by atoms with Crippen molar-refractivity contribution in [1.29, 1.82) is 0 Å². The van der Waals surface area contributed by atoms with Crippen LogP contribution < -0.4 is 5.73 Å². The van der Waals surface area contributed by atoms with Crippen LogP contribution in [0.15, 0.2) is 18.2 Å². The summed E-state index contributed by atoms with van der Waals surface area (Å²) in [4.78, 5) is 10.3. The van der Waals surface area contributed by atoms with Crippen LogP contribution >= 0.6 is 0 Å². The molecule has 0 unspecified atom stereocenters. The van der Waals surface area contributed by atoms with E-state index in [1.807, 2.05) is 6.92 Å². The molecule has 0 aliphatic heterocycles. The van der Waals surface area contributed by atoms with Crippen LogP contribution in [0.5, 0.6) is 5.75 Å². The lowest BCUT2D eigenvalue weighted by atomic mass is 9.97. The minimum absolute atomic E-state index is 0.103. The first-order valence-corrected chi connectivity index (χ1v) is 5.88. The SMILES string of the molecule is CCCC[C@@H](O)[C@@H](N)c1cc(O)ccc1[N+](=O)[O-]. The number of nitro groups is 1. The fourth-order valence-corrected chi connectivity index (χ4v) is 1.78. The monoisotopic (exact) mass is 254 g/mol. The second-order valence-electron chi connectivity index (χ2n) is 4.24. The molecule has 0 aromatic heterocycles. The standard InChI is InChI=1S/C12H18N2O4/c1-2-3-4-11(16)12(13)9-7-8(15)5-6-10(9)14(17)18/h5-7,11-12,15-16H,2-4,13H2,1H3/t11-,12+/m1/s1. The Morgan fingerprint density at radius 2 is 2.17 bits per heavy atom. The second kappa shape index (κ2) is 6.32. The van der Waals surface area contributed by atoms with Crippen molar-refractivity contribution in [3.8, 4) is 5.75 Å². The van der Waals surface area contributed by atoms with E-state index in [1.54, 1.807) is 0 Å². The van der Waals surface area contributed by atoms with Gasteiger partial charge >= 0.3 is 0 Å². The highest BCUT2D eigenvalue weighted by Gasteiger charge is 2.25. The predicted molar refractivity (Wildman–Crippen MR) is 67.2 cm³/mol. The Bertz CT molecular complexity index is 423. The summed E-state index contributed by atoms with van der Waals surface area (Å²) in [5.41, 5.74) is 5.79. The van der Waals surface area contributed by atoms with Crippen molar-refractivity contribution in [1.82, 2.24) is 0 Å². The Kier molecular flexibility index (Phi) is 5.06. The summed E-state index contributed by atoms with van der Waals surface area (Å²) in [6.07, 6.45) is 1.32. The number of aromatic hydroxyl groups is 1. The van der Waals surface area contributed by atoms with E-state index in [2.05, 4.69) is 0 Å². The summed E-state index contributed by atoms with van der Waals surface area (Å²) in [5.74, 6) is -0.103. The molecular formula is C12H18N2O4. The number of hydrogen-bond acceptors (Lipinski definition) is 5. The molecule has 18 heavy (non-hydrogen) atoms. The third-order valence-corrected chi connectivity index (χ3v) is 2.83. The fraction of sp³-hybridized carbons (Fsp3) is 0.500. The molecule has 0 aliphatic carbocycles. The van der Waals surface area contributed by atoms with Crippen LogP contribution in [-0.4, -0.2) is 21.2 Å². The van der Waals surface area contributed by atoms with Crippen LogP contribution in [0.4, 0.5) is 5.69 Å². The Morgan fingerprint density at radius 1 is 1.50 bits per heavy atom. The number of unbranched alkanes of at least 4 members (excludes halogenated alkanes) is 1. The average molecular weight is 254 g/mol. The van der Waals surface area contributed by atoms with Gasteiger partial charge in [0, 0.05) is 6.07 Å². The number of nitrogens with zero attached hydrogens (tertiary/aromatic N) is 1. The number of hydrogen-bond donors (Lipinski definition) is 3. The highest BCUT2D eigenvalue weighted by Crippen LogP contribution is 2.30. The van der Waals surface area contributed by atoms with Crippen LogP contribution in [0.3, 0.4) is 0 Å². The summed E-state index contributed by atoms with van der Waals surface area (Å²) in [6.45, 7) is 1.98. The molecule has 2 atom stereocenters. The first-order valence-electron chi connectivity index (χ1n) is 5.88. The lowest BCUT2D eigenvalue weighted by Gasteiger charge is -2.19. The molecule has 0 saturated carbocycles. The van der Waals surface area contributed by atoms with Crippen molar-refractivity contribution in [2.45, 2.75) is 38.3 Å². The van der Waals surface area contributed by atoms with Gasteiger partial charge in [-0.05, 0) is 18.6 Å². The van der Waals surface area contributed by atoms with E-state index in [0.29, 0.717) is 6.42 Å². The molecule has 0 radical (unpaired) electrons. The Balaban J connectivity index is 2.99. The van der Waals surface area contributed by atoms with E-state index in [4.69, 9.17) is 5.73 Å². The molecule has 1 rings (SSSR count).